The number of amides is 1. The lowest BCUT2D eigenvalue weighted by Gasteiger charge is -2.65. The molecule has 1 amide bonds. The van der Waals surface area contributed by atoms with Gasteiger partial charge in [0, 0.05) is 36.5 Å². The van der Waals surface area contributed by atoms with Crippen LogP contribution in [0, 0.1) is 28.6 Å². The fourth-order valence-corrected chi connectivity index (χ4v) is 10.1. The van der Waals surface area contributed by atoms with Crippen molar-refractivity contribution in [3.8, 4) is 0 Å². The third-order valence-corrected chi connectivity index (χ3v) is 12.6. The van der Waals surface area contributed by atoms with Gasteiger partial charge in [0.15, 0.2) is 18.0 Å². The molecule has 3 fully saturated rings. The van der Waals surface area contributed by atoms with E-state index in [4.69, 9.17) is 28.4 Å². The number of carbonyl (C=O) groups is 4. The van der Waals surface area contributed by atoms with Crippen molar-refractivity contribution in [1.29, 1.82) is 0 Å². The van der Waals surface area contributed by atoms with Crippen LogP contribution in [0.25, 0.3) is 0 Å². The molecule has 4 aliphatic rings. The molecule has 57 heavy (non-hydrogen) atoms. The first-order chi connectivity index (χ1) is 26.6. The molecule has 316 valence electrons. The maximum atomic E-state index is 14.3. The lowest BCUT2D eigenvalue weighted by molar-refractivity contribution is -0.349. The second-order valence-electron chi connectivity index (χ2n) is 18.3. The summed E-state index contributed by atoms with van der Waals surface area (Å²) >= 11 is 0. The molecule has 1 saturated heterocycles. The van der Waals surface area contributed by atoms with Crippen LogP contribution in [-0.2, 0) is 38.0 Å². The second-order valence-corrected chi connectivity index (χ2v) is 18.3. The van der Waals surface area contributed by atoms with Gasteiger partial charge < -0.3 is 44.0 Å². The zero-order valence-corrected chi connectivity index (χ0v) is 35.2. The zero-order valence-electron chi connectivity index (χ0n) is 35.2. The van der Waals surface area contributed by atoms with Crippen LogP contribution in [0.1, 0.15) is 112 Å². The lowest BCUT2D eigenvalue weighted by atomic mass is 9.50. The van der Waals surface area contributed by atoms with Crippen LogP contribution in [0.15, 0.2) is 54.1 Å². The number of rotatable bonds is 13. The monoisotopic (exact) mass is 797 g/mol. The molecule has 0 bridgehead atoms. The number of aliphatic hydroxyl groups is 2. The molecule has 11 atom stereocenters. The summed E-state index contributed by atoms with van der Waals surface area (Å²) in [5, 5.41) is 24.9. The molecular weight excluding hydrogens is 734 g/mol. The number of carbonyl (C=O) groups excluding carboxylic acids is 4. The Morgan fingerprint density at radius 2 is 1.74 bits per heavy atom. The molecule has 0 aromatic heterocycles. The van der Waals surface area contributed by atoms with Gasteiger partial charge in [0.2, 0.25) is 0 Å². The van der Waals surface area contributed by atoms with Crippen LogP contribution >= 0.6 is 0 Å². The summed E-state index contributed by atoms with van der Waals surface area (Å²) in [4.78, 5) is 54.1. The highest BCUT2D eigenvalue weighted by Gasteiger charge is 2.75. The first-order valence-electron chi connectivity index (χ1n) is 20.2. The van der Waals surface area contributed by atoms with E-state index in [9.17, 15) is 29.4 Å². The number of nitrogens with one attached hydrogen (secondary N) is 1. The molecule has 13 heteroatoms. The summed E-state index contributed by atoms with van der Waals surface area (Å²) in [6, 6.07) is 7.66. The summed E-state index contributed by atoms with van der Waals surface area (Å²) in [6.45, 7) is 22.1. The van der Waals surface area contributed by atoms with Gasteiger partial charge in [-0.25, -0.2) is 14.4 Å². The van der Waals surface area contributed by atoms with Gasteiger partial charge in [0.05, 0.1) is 24.3 Å². The van der Waals surface area contributed by atoms with E-state index in [0.717, 1.165) is 11.1 Å². The number of ether oxygens (including phenoxy) is 6. The van der Waals surface area contributed by atoms with E-state index in [0.29, 0.717) is 24.8 Å². The van der Waals surface area contributed by atoms with Crippen LogP contribution in [-0.4, -0.2) is 94.9 Å². The van der Waals surface area contributed by atoms with E-state index in [2.05, 4.69) is 11.9 Å². The molecule has 0 spiro atoms. The fraction of sp³-hybridized carbons (Fsp3) is 0.682. The third-order valence-electron chi connectivity index (χ3n) is 12.6. The van der Waals surface area contributed by atoms with Crippen molar-refractivity contribution < 1.29 is 57.8 Å². The third kappa shape index (κ3) is 8.67. The van der Waals surface area contributed by atoms with Gasteiger partial charge in [-0.15, -0.1) is 0 Å². The van der Waals surface area contributed by atoms with Gasteiger partial charge in [-0.3, -0.25) is 4.79 Å². The largest absolute Gasteiger partial charge is 0.457 e. The Bertz CT molecular complexity index is 1700. The maximum Gasteiger partial charge on any atom is 0.407 e. The number of benzene rings is 1. The highest BCUT2D eigenvalue weighted by molar-refractivity contribution is 5.89. The van der Waals surface area contributed by atoms with Crippen molar-refractivity contribution >= 4 is 24.0 Å². The SMILES string of the molecule is C=CC(O)OC1C[C@H]2OC[C@@]2(OC(C)=O)C2C(OC(=O)c3ccccc3)[C@]3(C(C)C)CC(OC(=O)[C@H](O)[C@H](CC(C)C)NC(=O)OC(C)(C)C)C(C)=C3CCC12C. The zero-order chi connectivity index (χ0) is 42.2. The molecule has 1 heterocycles. The first-order valence-corrected chi connectivity index (χ1v) is 20.2. The Kier molecular flexibility index (Phi) is 13.1. The summed E-state index contributed by atoms with van der Waals surface area (Å²) in [5.74, 6) is -2.92. The van der Waals surface area contributed by atoms with E-state index >= 15 is 0 Å². The summed E-state index contributed by atoms with van der Waals surface area (Å²) < 4.78 is 37.2. The smallest absolute Gasteiger partial charge is 0.407 e. The lowest BCUT2D eigenvalue weighted by Crippen LogP contribution is -2.77. The normalized spacial score (nSPS) is 32.4. The van der Waals surface area contributed by atoms with Gasteiger partial charge in [-0.05, 0) is 82.6 Å². The van der Waals surface area contributed by atoms with Crippen molar-refractivity contribution in [2.75, 3.05) is 6.61 Å². The predicted molar refractivity (Wildman–Crippen MR) is 209 cm³/mol. The molecule has 1 aliphatic heterocycles. The minimum atomic E-state index is -1.71. The van der Waals surface area contributed by atoms with Crippen LogP contribution in [0.5, 0.6) is 0 Å². The average molecular weight is 798 g/mol. The summed E-state index contributed by atoms with van der Waals surface area (Å²) in [5.41, 5.74) is -1.79. The Morgan fingerprint density at radius 1 is 1.07 bits per heavy atom. The number of hydrogen-bond donors (Lipinski definition) is 3. The first kappa shape index (κ1) is 44.3. The molecule has 1 aromatic rings. The second kappa shape index (κ2) is 16.8. The van der Waals surface area contributed by atoms with Gasteiger partial charge >= 0.3 is 24.0 Å². The van der Waals surface area contributed by atoms with Crippen LogP contribution in [0.4, 0.5) is 4.79 Å². The Balaban J connectivity index is 1.61. The molecule has 3 N–H and O–H groups in total. The molecule has 0 radical (unpaired) electrons. The predicted octanol–water partition coefficient (Wildman–Crippen LogP) is 6.20. The Morgan fingerprint density at radius 3 is 2.28 bits per heavy atom. The quantitative estimate of drug-likeness (QED) is 0.0894. The minimum absolute atomic E-state index is 0.00710. The number of aliphatic hydroxyl groups excluding tert-OH is 2. The standard InChI is InChI=1S/C44H63NO12/c1-12-34(47)54-32-21-33-44(23-52-33,56-27(7)46)36-37(55-38(49)28-16-14-13-15-17-28)43(25(4)5)22-31(26(6)29(43)18-19-42(32,36)11)53-39(50)35(48)30(20-24(2)3)45-40(51)57-41(8,9)10/h12-17,24-25,30-37,47-48H,1,18-23H2,2-11H3,(H,45,51)/t30-,31?,32?,33+,34?,35+,36?,37?,42?,43-,44-/m0/s1. The van der Waals surface area contributed by atoms with E-state index in [1.165, 1.54) is 13.0 Å². The molecule has 2 saturated carbocycles. The van der Waals surface area contributed by atoms with Crippen LogP contribution in [0.2, 0.25) is 0 Å². The Labute approximate surface area is 336 Å². The molecule has 6 unspecified atom stereocenters. The van der Waals surface area contributed by atoms with E-state index in [-0.39, 0.29) is 31.3 Å². The number of hydrogen-bond acceptors (Lipinski definition) is 12. The van der Waals surface area contributed by atoms with Crippen LogP contribution < -0.4 is 5.32 Å². The average Bonchev–Trinajstić information content (AvgIpc) is 3.33. The van der Waals surface area contributed by atoms with Gasteiger partial charge in [0.25, 0.3) is 0 Å². The molecule has 1 aromatic carbocycles. The number of fused-ring (bicyclic) bond motifs is 4. The minimum Gasteiger partial charge on any atom is -0.457 e. The van der Waals surface area contributed by atoms with Crippen molar-refractivity contribution in [3.05, 3.63) is 59.7 Å². The van der Waals surface area contributed by atoms with Gasteiger partial charge in [-0.2, -0.15) is 0 Å². The van der Waals surface area contributed by atoms with E-state index < -0.39 is 94.8 Å². The maximum absolute atomic E-state index is 14.3. The topological polar surface area (TPSA) is 176 Å². The van der Waals surface area contributed by atoms with E-state index in [1.807, 2.05) is 41.5 Å². The molecule has 13 nitrogen and oxygen atoms in total. The summed E-state index contributed by atoms with van der Waals surface area (Å²) in [6.07, 6.45) is -3.77. The fourth-order valence-electron chi connectivity index (χ4n) is 10.1. The molecule has 3 aliphatic carbocycles. The van der Waals surface area contributed by atoms with Crippen LogP contribution in [0.3, 0.4) is 0 Å². The highest BCUT2D eigenvalue weighted by atomic mass is 16.6. The highest BCUT2D eigenvalue weighted by Crippen LogP contribution is 2.67. The van der Waals surface area contributed by atoms with Gasteiger partial charge in [-0.1, -0.05) is 65.0 Å². The van der Waals surface area contributed by atoms with E-state index in [1.54, 1.807) is 51.1 Å². The molecule has 5 rings (SSSR count). The van der Waals surface area contributed by atoms with Gasteiger partial charge in [0.1, 0.15) is 23.9 Å². The van der Waals surface area contributed by atoms with Crippen molar-refractivity contribution in [3.63, 3.8) is 0 Å². The molecular formula is C44H63NO12. The van der Waals surface area contributed by atoms with Crippen molar-refractivity contribution in [2.24, 2.45) is 28.6 Å². The van der Waals surface area contributed by atoms with Crippen molar-refractivity contribution in [1.82, 2.24) is 5.32 Å². The Hall–Kier alpha value is -3.78. The summed E-state index contributed by atoms with van der Waals surface area (Å²) in [7, 11) is 0. The van der Waals surface area contributed by atoms with Crippen molar-refractivity contribution in [2.45, 2.75) is 155 Å². The number of alkyl carbamates (subject to hydrolysis) is 1. The number of esters is 3.